The second-order valence-electron chi connectivity index (χ2n) is 8.76. The van der Waals surface area contributed by atoms with Crippen molar-refractivity contribution in [2.24, 2.45) is 11.7 Å². The molecule has 2 atom stereocenters. The molecule has 2 unspecified atom stereocenters. The van der Waals surface area contributed by atoms with E-state index < -0.39 is 11.5 Å². The molecule has 0 aromatic heterocycles. The van der Waals surface area contributed by atoms with Gasteiger partial charge in [0.15, 0.2) is 0 Å². The van der Waals surface area contributed by atoms with Gasteiger partial charge in [-0.3, -0.25) is 4.79 Å². The van der Waals surface area contributed by atoms with Gasteiger partial charge in [-0.25, -0.2) is 0 Å². The zero-order valence-corrected chi connectivity index (χ0v) is 20.0. The fourth-order valence-corrected chi connectivity index (χ4v) is 5.13. The summed E-state index contributed by atoms with van der Waals surface area (Å²) < 4.78 is 5.97. The van der Waals surface area contributed by atoms with Crippen LogP contribution < -0.4 is 10.5 Å². The van der Waals surface area contributed by atoms with Gasteiger partial charge in [0.25, 0.3) is 0 Å². The maximum atomic E-state index is 11.2. The topological polar surface area (TPSA) is 72.5 Å². The summed E-state index contributed by atoms with van der Waals surface area (Å²) in [5.41, 5.74) is 8.09. The molecule has 2 aromatic carbocycles. The minimum absolute atomic E-state index is 0.0414. The van der Waals surface area contributed by atoms with E-state index in [1.165, 1.54) is 10.5 Å². The lowest BCUT2D eigenvalue weighted by atomic mass is 9.82. The van der Waals surface area contributed by atoms with Gasteiger partial charge in [0, 0.05) is 10.4 Å². The number of benzene rings is 2. The minimum atomic E-state index is -0.862. The van der Waals surface area contributed by atoms with Crippen LogP contribution in [0.1, 0.15) is 44.6 Å². The van der Waals surface area contributed by atoms with Crippen molar-refractivity contribution < 1.29 is 14.6 Å². The highest BCUT2D eigenvalue weighted by Crippen LogP contribution is 2.39. The van der Waals surface area contributed by atoms with Gasteiger partial charge in [0.1, 0.15) is 12.4 Å². The fourth-order valence-electron chi connectivity index (χ4n) is 4.03. The van der Waals surface area contributed by atoms with E-state index >= 15 is 0 Å². The Morgan fingerprint density at radius 2 is 2.03 bits per heavy atom. The molecule has 33 heavy (non-hydrogen) atoms. The molecule has 1 aliphatic rings. The van der Waals surface area contributed by atoms with E-state index in [1.54, 1.807) is 17.8 Å². The summed E-state index contributed by atoms with van der Waals surface area (Å²) in [6.45, 7) is 6.51. The first-order valence-electron chi connectivity index (χ1n) is 11.3. The largest absolute Gasteiger partial charge is 0.489 e. The van der Waals surface area contributed by atoms with Gasteiger partial charge in [-0.2, -0.15) is 0 Å². The Morgan fingerprint density at radius 1 is 1.24 bits per heavy atom. The van der Waals surface area contributed by atoms with Crippen molar-refractivity contribution in [2.45, 2.75) is 56.1 Å². The van der Waals surface area contributed by atoms with Crippen LogP contribution in [0.5, 0.6) is 5.75 Å². The standard InChI is InChI=1S/C28H33NO3S/c1-3-15-28(29,19-27(30)31)16-14-23-12-13-26(17-21(23)2)33-25-11-7-10-24(18-25)32-20-22-8-5-4-6-9-22/h3-13,18,21H,1,14-17,19-20,29H2,2H3,(H,30,31). The number of carboxylic acids is 1. The fraction of sp³-hybridized carbons (Fsp3) is 0.321. The van der Waals surface area contributed by atoms with Crippen molar-refractivity contribution >= 4 is 17.7 Å². The molecular formula is C28H33NO3S. The average molecular weight is 464 g/mol. The molecule has 0 bridgehead atoms. The van der Waals surface area contributed by atoms with Crippen molar-refractivity contribution in [1.82, 2.24) is 0 Å². The van der Waals surface area contributed by atoms with Crippen LogP contribution in [0.2, 0.25) is 0 Å². The van der Waals surface area contributed by atoms with Gasteiger partial charge >= 0.3 is 5.97 Å². The number of aliphatic carboxylic acids is 1. The van der Waals surface area contributed by atoms with Crippen LogP contribution in [0.15, 0.2) is 94.8 Å². The molecule has 2 aromatic rings. The number of hydrogen-bond acceptors (Lipinski definition) is 4. The Balaban J connectivity index is 1.59. The molecule has 0 amide bonds. The van der Waals surface area contributed by atoms with Gasteiger partial charge in [0.05, 0.1) is 6.42 Å². The summed E-state index contributed by atoms with van der Waals surface area (Å²) in [6, 6.07) is 18.4. The van der Waals surface area contributed by atoms with Gasteiger partial charge in [-0.1, -0.05) is 78.9 Å². The summed E-state index contributed by atoms with van der Waals surface area (Å²) in [5.74, 6) is 0.399. The van der Waals surface area contributed by atoms with E-state index in [0.717, 1.165) is 29.1 Å². The summed E-state index contributed by atoms with van der Waals surface area (Å²) in [6.07, 6.45) is 8.94. The van der Waals surface area contributed by atoms with Crippen LogP contribution in [0.25, 0.3) is 0 Å². The second-order valence-corrected chi connectivity index (χ2v) is 9.96. The van der Waals surface area contributed by atoms with Gasteiger partial charge in [0.2, 0.25) is 0 Å². The summed E-state index contributed by atoms with van der Waals surface area (Å²) in [7, 11) is 0. The molecule has 0 fully saturated rings. The smallest absolute Gasteiger partial charge is 0.305 e. The van der Waals surface area contributed by atoms with Crippen molar-refractivity contribution in [1.29, 1.82) is 0 Å². The number of hydrogen-bond donors (Lipinski definition) is 2. The zero-order valence-electron chi connectivity index (χ0n) is 19.2. The third-order valence-corrected chi connectivity index (χ3v) is 6.95. The SMILES string of the molecule is C=CCC(N)(CCC1=CC=C(Sc2cccc(OCc3ccccc3)c2)CC1C)CC(=O)O. The van der Waals surface area contributed by atoms with Crippen LogP contribution >= 0.6 is 11.8 Å². The zero-order chi connectivity index (χ0) is 23.7. The first kappa shape index (κ1) is 24.9. The molecule has 0 saturated heterocycles. The number of nitrogens with two attached hydrogens (primary N) is 1. The van der Waals surface area contributed by atoms with E-state index in [0.29, 0.717) is 25.4 Å². The molecule has 3 rings (SSSR count). The van der Waals surface area contributed by atoms with Gasteiger partial charge in [-0.05, 0) is 60.3 Å². The highest BCUT2D eigenvalue weighted by molar-refractivity contribution is 8.03. The summed E-state index contributed by atoms with van der Waals surface area (Å²) in [5, 5.41) is 9.20. The Bertz CT molecular complexity index is 1010. The lowest BCUT2D eigenvalue weighted by Crippen LogP contribution is -2.41. The second kappa shape index (κ2) is 11.9. The number of thioether (sulfide) groups is 1. The molecule has 0 heterocycles. The van der Waals surface area contributed by atoms with Crippen LogP contribution in [0, 0.1) is 5.92 Å². The molecule has 3 N–H and O–H groups in total. The number of allylic oxidation sites excluding steroid dienone is 4. The molecule has 0 aliphatic heterocycles. The molecular weight excluding hydrogens is 430 g/mol. The summed E-state index contributed by atoms with van der Waals surface area (Å²) >= 11 is 1.77. The highest BCUT2D eigenvalue weighted by Gasteiger charge is 2.28. The van der Waals surface area contributed by atoms with Crippen molar-refractivity contribution in [3.8, 4) is 5.75 Å². The molecule has 0 saturated carbocycles. The van der Waals surface area contributed by atoms with Crippen LogP contribution in [-0.4, -0.2) is 16.6 Å². The number of carbonyl (C=O) groups is 1. The van der Waals surface area contributed by atoms with Crippen molar-refractivity contribution in [2.75, 3.05) is 0 Å². The maximum Gasteiger partial charge on any atom is 0.305 e. The van der Waals surface area contributed by atoms with Crippen molar-refractivity contribution in [3.05, 3.63) is 95.4 Å². The maximum absolute atomic E-state index is 11.2. The van der Waals surface area contributed by atoms with Crippen LogP contribution in [-0.2, 0) is 11.4 Å². The monoisotopic (exact) mass is 463 g/mol. The third-order valence-electron chi connectivity index (χ3n) is 5.89. The Labute approximate surface area is 201 Å². The Hall–Kier alpha value is -2.76. The lowest BCUT2D eigenvalue weighted by Gasteiger charge is -2.29. The van der Waals surface area contributed by atoms with Gasteiger partial charge < -0.3 is 15.6 Å². The number of rotatable bonds is 12. The minimum Gasteiger partial charge on any atom is -0.489 e. The van der Waals surface area contributed by atoms with E-state index in [-0.39, 0.29) is 6.42 Å². The normalized spacial score (nSPS) is 17.5. The number of carboxylic acid groups (broad SMARTS) is 1. The Kier molecular flexibility index (Phi) is 8.98. The quantitative estimate of drug-likeness (QED) is 0.341. The lowest BCUT2D eigenvalue weighted by molar-refractivity contribution is -0.138. The predicted octanol–water partition coefficient (Wildman–Crippen LogP) is 6.74. The predicted molar refractivity (Wildman–Crippen MR) is 136 cm³/mol. The first-order valence-corrected chi connectivity index (χ1v) is 12.1. The number of ether oxygens (including phenoxy) is 1. The van der Waals surface area contributed by atoms with E-state index in [4.69, 9.17) is 10.5 Å². The van der Waals surface area contributed by atoms with E-state index in [2.05, 4.69) is 49.9 Å². The van der Waals surface area contributed by atoms with Crippen molar-refractivity contribution in [3.63, 3.8) is 0 Å². The van der Waals surface area contributed by atoms with E-state index in [9.17, 15) is 9.90 Å². The third kappa shape index (κ3) is 7.95. The molecule has 0 radical (unpaired) electrons. The summed E-state index contributed by atoms with van der Waals surface area (Å²) in [4.78, 5) is 13.7. The molecule has 174 valence electrons. The first-order chi connectivity index (χ1) is 15.9. The molecule has 4 nitrogen and oxygen atoms in total. The molecule has 5 heteroatoms. The average Bonchev–Trinajstić information content (AvgIpc) is 2.78. The highest BCUT2D eigenvalue weighted by atomic mass is 32.2. The molecule has 0 spiro atoms. The Morgan fingerprint density at radius 3 is 2.73 bits per heavy atom. The van der Waals surface area contributed by atoms with E-state index in [1.807, 2.05) is 30.3 Å². The van der Waals surface area contributed by atoms with Gasteiger partial charge in [-0.15, -0.1) is 6.58 Å². The van der Waals surface area contributed by atoms with Crippen LogP contribution in [0.3, 0.4) is 0 Å². The molecule has 1 aliphatic carbocycles. The van der Waals surface area contributed by atoms with Crippen LogP contribution in [0.4, 0.5) is 0 Å².